The van der Waals surface area contributed by atoms with Crippen molar-refractivity contribution >= 4 is 44.4 Å². The molecular weight excluding hydrogens is 468 g/mol. The molecule has 1 saturated carbocycles. The van der Waals surface area contributed by atoms with Crippen LogP contribution in [0, 0.1) is 17.8 Å². The third-order valence-corrected chi connectivity index (χ3v) is 9.17. The highest BCUT2D eigenvalue weighted by Gasteiger charge is 2.35. The molecule has 2 aliphatic rings. The monoisotopic (exact) mass is 498 g/mol. The highest BCUT2D eigenvalue weighted by Crippen LogP contribution is 2.34. The summed E-state index contributed by atoms with van der Waals surface area (Å²) in [5.74, 6) is 0.479. The fraction of sp³-hybridized carbons (Fsp3) is 0.700. The Bertz CT molecular complexity index is 1180. The van der Waals surface area contributed by atoms with Gasteiger partial charge in [-0.25, -0.2) is 13.1 Å². The number of hydrogen-bond acceptors (Lipinski definition) is 8. The zero-order valence-corrected chi connectivity index (χ0v) is 21.4. The third-order valence-electron chi connectivity index (χ3n) is 6.12. The second kappa shape index (κ2) is 8.96. The molecule has 1 amide bonds. The van der Waals surface area contributed by atoms with Crippen LogP contribution in [0.5, 0.6) is 0 Å². The first-order valence-electron chi connectivity index (χ1n) is 10.9. The van der Waals surface area contributed by atoms with E-state index >= 15 is 0 Å². The lowest BCUT2D eigenvalue weighted by molar-refractivity contribution is -0.118. The second-order valence-corrected chi connectivity index (χ2v) is 12.6. The van der Waals surface area contributed by atoms with Gasteiger partial charge < -0.3 is 0 Å². The lowest BCUT2D eigenvalue weighted by atomic mass is 10.2. The molecule has 2 aromatic rings. The van der Waals surface area contributed by atoms with Gasteiger partial charge in [-0.1, -0.05) is 18.3 Å². The van der Waals surface area contributed by atoms with Crippen molar-refractivity contribution < 1.29 is 13.2 Å². The molecule has 2 aromatic heterocycles. The van der Waals surface area contributed by atoms with Crippen molar-refractivity contribution in [2.75, 3.05) is 23.5 Å². The van der Waals surface area contributed by atoms with Crippen molar-refractivity contribution in [3.05, 3.63) is 20.9 Å². The fourth-order valence-corrected chi connectivity index (χ4v) is 7.11. The number of aromatic nitrogens is 4. The first kappa shape index (κ1) is 23.5. The summed E-state index contributed by atoms with van der Waals surface area (Å²) >= 11 is 6.92. The summed E-state index contributed by atoms with van der Waals surface area (Å²) in [5, 5.41) is 10.00. The Morgan fingerprint density at radius 3 is 2.56 bits per heavy atom. The highest BCUT2D eigenvalue weighted by molar-refractivity contribution is 7.91. The minimum absolute atomic E-state index is 0.0861. The van der Waals surface area contributed by atoms with E-state index < -0.39 is 9.84 Å². The molecule has 1 saturated heterocycles. The van der Waals surface area contributed by atoms with Crippen LogP contribution in [0.2, 0.25) is 0 Å². The van der Waals surface area contributed by atoms with Crippen molar-refractivity contribution in [2.45, 2.75) is 71.8 Å². The third kappa shape index (κ3) is 4.82. The van der Waals surface area contributed by atoms with Gasteiger partial charge >= 0.3 is 0 Å². The normalized spacial score (nSPS) is 20.2. The molecule has 0 bridgehead atoms. The minimum Gasteiger partial charge on any atom is -0.284 e. The van der Waals surface area contributed by atoms with E-state index in [9.17, 15) is 13.2 Å². The maximum atomic E-state index is 12.4. The Hall–Kier alpha value is -1.63. The SMILES string of the molecule is CCC(=O)N(c1nn(CN(C)Cc2c(C)nn([C@H]3CCS(=O)(=O)C3)c2C)c(=S)s1)C1CC1. The van der Waals surface area contributed by atoms with Crippen LogP contribution in [0.4, 0.5) is 5.13 Å². The first-order chi connectivity index (χ1) is 15.1. The molecule has 1 atom stereocenters. The van der Waals surface area contributed by atoms with Crippen molar-refractivity contribution in [1.82, 2.24) is 24.5 Å². The maximum Gasteiger partial charge on any atom is 0.228 e. The van der Waals surface area contributed by atoms with Gasteiger partial charge in [0, 0.05) is 30.3 Å². The Kier molecular flexibility index (Phi) is 6.59. The van der Waals surface area contributed by atoms with E-state index in [2.05, 4.69) is 15.1 Å². The summed E-state index contributed by atoms with van der Waals surface area (Å²) in [6.07, 6.45) is 3.10. The smallest absolute Gasteiger partial charge is 0.228 e. The number of aryl methyl sites for hydroxylation is 1. The van der Waals surface area contributed by atoms with Crippen molar-refractivity contribution in [3.63, 3.8) is 0 Å². The van der Waals surface area contributed by atoms with Crippen LogP contribution < -0.4 is 4.90 Å². The maximum absolute atomic E-state index is 12.4. The zero-order valence-electron chi connectivity index (χ0n) is 18.9. The Balaban J connectivity index is 1.48. The largest absolute Gasteiger partial charge is 0.284 e. The van der Waals surface area contributed by atoms with Crippen molar-refractivity contribution in [2.24, 2.45) is 0 Å². The van der Waals surface area contributed by atoms with Gasteiger partial charge in [-0.2, -0.15) is 5.10 Å². The summed E-state index contributed by atoms with van der Waals surface area (Å²) in [6, 6.07) is 0.168. The molecule has 0 spiro atoms. The summed E-state index contributed by atoms with van der Waals surface area (Å²) in [6.45, 7) is 6.98. The van der Waals surface area contributed by atoms with Crippen molar-refractivity contribution in [1.29, 1.82) is 0 Å². The van der Waals surface area contributed by atoms with Gasteiger partial charge in [-0.05, 0) is 52.4 Å². The molecular formula is C20H30N6O3S3. The van der Waals surface area contributed by atoms with E-state index in [1.165, 1.54) is 11.3 Å². The molecule has 32 heavy (non-hydrogen) atoms. The number of nitrogens with zero attached hydrogens (tertiary/aromatic N) is 6. The number of hydrogen-bond donors (Lipinski definition) is 0. The minimum atomic E-state index is -2.97. The van der Waals surface area contributed by atoms with Crippen LogP contribution in [0.1, 0.15) is 55.6 Å². The van der Waals surface area contributed by atoms with Crippen LogP contribution >= 0.6 is 23.6 Å². The molecule has 12 heteroatoms. The molecule has 9 nitrogen and oxygen atoms in total. The second-order valence-electron chi connectivity index (χ2n) is 8.80. The predicted molar refractivity (Wildman–Crippen MR) is 127 cm³/mol. The fourth-order valence-electron chi connectivity index (χ4n) is 4.25. The van der Waals surface area contributed by atoms with Crippen molar-refractivity contribution in [3.8, 4) is 0 Å². The van der Waals surface area contributed by atoms with E-state index in [0.29, 0.717) is 35.1 Å². The van der Waals surface area contributed by atoms with E-state index in [-0.39, 0.29) is 29.5 Å². The van der Waals surface area contributed by atoms with Gasteiger partial charge in [-0.3, -0.25) is 19.3 Å². The number of carbonyl (C=O) groups is 1. The molecule has 0 aromatic carbocycles. The molecule has 2 fully saturated rings. The van der Waals surface area contributed by atoms with Crippen LogP contribution in [0.15, 0.2) is 0 Å². The van der Waals surface area contributed by atoms with E-state index in [1.807, 2.05) is 37.4 Å². The summed E-state index contributed by atoms with van der Waals surface area (Å²) < 4.78 is 28.1. The van der Waals surface area contributed by atoms with Crippen LogP contribution in [-0.2, 0) is 27.8 Å². The number of rotatable bonds is 8. The first-order valence-corrected chi connectivity index (χ1v) is 14.0. The van der Waals surface area contributed by atoms with E-state index in [0.717, 1.165) is 29.8 Å². The summed E-state index contributed by atoms with van der Waals surface area (Å²) in [7, 11) is -0.975. The molecule has 1 aliphatic carbocycles. The van der Waals surface area contributed by atoms with Gasteiger partial charge in [0.1, 0.15) is 0 Å². The molecule has 0 unspecified atom stereocenters. The van der Waals surface area contributed by atoms with Gasteiger partial charge in [0.2, 0.25) is 11.0 Å². The molecule has 176 valence electrons. The quantitative estimate of drug-likeness (QED) is 0.517. The number of amides is 1. The van der Waals surface area contributed by atoms with Gasteiger partial charge in [0.15, 0.2) is 13.8 Å². The predicted octanol–water partition coefficient (Wildman–Crippen LogP) is 2.84. The number of carbonyl (C=O) groups excluding carboxylic acids is 1. The Morgan fingerprint density at radius 1 is 1.25 bits per heavy atom. The molecule has 1 aliphatic heterocycles. The lowest BCUT2D eigenvalue weighted by Crippen LogP contribution is -2.32. The highest BCUT2D eigenvalue weighted by atomic mass is 32.2. The number of sulfone groups is 1. The van der Waals surface area contributed by atoms with E-state index in [4.69, 9.17) is 12.2 Å². The average molecular weight is 499 g/mol. The summed E-state index contributed by atoms with van der Waals surface area (Å²) in [5.41, 5.74) is 3.02. The molecule has 3 heterocycles. The van der Waals surface area contributed by atoms with Crippen LogP contribution in [-0.4, -0.2) is 63.4 Å². The molecule has 0 radical (unpaired) electrons. The zero-order chi connectivity index (χ0) is 23.2. The topological polar surface area (TPSA) is 93.3 Å². The van der Waals surface area contributed by atoms with Gasteiger partial charge in [0.05, 0.1) is 29.9 Å². The van der Waals surface area contributed by atoms with Crippen LogP contribution in [0.25, 0.3) is 0 Å². The Morgan fingerprint density at radius 2 is 1.97 bits per heavy atom. The van der Waals surface area contributed by atoms with E-state index in [1.54, 1.807) is 4.68 Å². The van der Waals surface area contributed by atoms with Gasteiger partial charge in [0.25, 0.3) is 0 Å². The van der Waals surface area contributed by atoms with Crippen LogP contribution in [0.3, 0.4) is 0 Å². The summed E-state index contributed by atoms with van der Waals surface area (Å²) in [4.78, 5) is 16.3. The standard InChI is InChI=1S/C20H30N6O3S3/c1-5-18(27)25(15-6-7-15)19-22-24(20(30)31-19)12-23(4)10-17-13(2)21-26(14(17)3)16-8-9-32(28,29)11-16/h15-16H,5-12H2,1-4H3/t16-/m0/s1. The van der Waals surface area contributed by atoms with Gasteiger partial charge in [-0.15, -0.1) is 5.10 Å². The molecule has 0 N–H and O–H groups in total. The Labute approximate surface area is 197 Å². The lowest BCUT2D eigenvalue weighted by Gasteiger charge is -2.19. The number of anilines is 1. The molecule has 4 rings (SSSR count). The average Bonchev–Trinajstić information content (AvgIpc) is 3.32.